The molecule has 1 saturated heterocycles. The molecule has 2 heterocycles. The standard InChI is InChI=1S/C22H22ClFN2O3S2/c1-29-18-5-2-15(3-6-18)12-17-14-30-22(25-17)26-10-8-19(9-11-26)31(27,28)21-7-4-16(24)13-20(21)23/h2-7,13-14,19H,8-12H2,1H3. The van der Waals surface area contributed by atoms with Crippen LogP contribution in [0.2, 0.25) is 5.02 Å². The van der Waals surface area contributed by atoms with Crippen LogP contribution in [0.4, 0.5) is 9.52 Å². The molecule has 0 saturated carbocycles. The van der Waals surface area contributed by atoms with Crippen molar-refractivity contribution in [2.24, 2.45) is 0 Å². The lowest BCUT2D eigenvalue weighted by molar-refractivity contribution is 0.414. The van der Waals surface area contributed by atoms with E-state index in [1.807, 2.05) is 29.6 Å². The second-order valence-corrected chi connectivity index (χ2v) is 10.9. The Labute approximate surface area is 190 Å². The zero-order valence-electron chi connectivity index (χ0n) is 16.9. The fraction of sp³-hybridized carbons (Fsp3) is 0.318. The van der Waals surface area contributed by atoms with Crippen molar-refractivity contribution in [1.82, 2.24) is 4.98 Å². The smallest absolute Gasteiger partial charge is 0.185 e. The molecular formula is C22H22ClFN2O3S2. The minimum absolute atomic E-state index is 0.00467. The molecule has 1 aliphatic rings. The van der Waals surface area contributed by atoms with Crippen LogP contribution in [0.5, 0.6) is 5.75 Å². The van der Waals surface area contributed by atoms with Crippen LogP contribution in [0.1, 0.15) is 24.1 Å². The first kappa shape index (κ1) is 22.0. The van der Waals surface area contributed by atoms with Gasteiger partial charge in [0.15, 0.2) is 15.0 Å². The molecule has 164 valence electrons. The molecule has 5 nitrogen and oxygen atoms in total. The maximum atomic E-state index is 13.3. The van der Waals surface area contributed by atoms with Gasteiger partial charge in [0.2, 0.25) is 0 Å². The van der Waals surface area contributed by atoms with Crippen LogP contribution in [-0.4, -0.2) is 38.9 Å². The number of hydrogen-bond acceptors (Lipinski definition) is 6. The van der Waals surface area contributed by atoms with Crippen molar-refractivity contribution < 1.29 is 17.5 Å². The van der Waals surface area contributed by atoms with E-state index < -0.39 is 20.9 Å². The summed E-state index contributed by atoms with van der Waals surface area (Å²) in [7, 11) is -1.97. The van der Waals surface area contributed by atoms with Crippen LogP contribution in [0.25, 0.3) is 0 Å². The molecule has 9 heteroatoms. The van der Waals surface area contributed by atoms with Gasteiger partial charge in [0.25, 0.3) is 0 Å². The number of ether oxygens (including phenoxy) is 1. The number of nitrogens with zero attached hydrogens (tertiary/aromatic N) is 2. The number of rotatable bonds is 6. The fourth-order valence-electron chi connectivity index (χ4n) is 3.72. The number of sulfone groups is 1. The van der Waals surface area contributed by atoms with Crippen LogP contribution >= 0.6 is 22.9 Å². The van der Waals surface area contributed by atoms with E-state index in [2.05, 4.69) is 4.90 Å². The van der Waals surface area contributed by atoms with Crippen LogP contribution in [-0.2, 0) is 16.3 Å². The largest absolute Gasteiger partial charge is 0.497 e. The van der Waals surface area contributed by atoms with E-state index in [1.165, 1.54) is 6.07 Å². The van der Waals surface area contributed by atoms with Gasteiger partial charge in [-0.25, -0.2) is 17.8 Å². The van der Waals surface area contributed by atoms with Gasteiger partial charge in [0, 0.05) is 24.9 Å². The zero-order valence-corrected chi connectivity index (χ0v) is 19.3. The van der Waals surface area contributed by atoms with Crippen molar-refractivity contribution in [3.8, 4) is 5.75 Å². The highest BCUT2D eigenvalue weighted by atomic mass is 35.5. The Bertz CT molecular complexity index is 1160. The summed E-state index contributed by atoms with van der Waals surface area (Å²) < 4.78 is 44.4. The topological polar surface area (TPSA) is 59.5 Å². The van der Waals surface area contributed by atoms with Gasteiger partial charge in [-0.2, -0.15) is 0 Å². The summed E-state index contributed by atoms with van der Waals surface area (Å²) in [6, 6.07) is 11.3. The van der Waals surface area contributed by atoms with Crippen LogP contribution < -0.4 is 9.64 Å². The van der Waals surface area contributed by atoms with Gasteiger partial charge in [-0.05, 0) is 48.7 Å². The molecule has 0 bridgehead atoms. The molecule has 0 spiro atoms. The van der Waals surface area contributed by atoms with Crippen molar-refractivity contribution in [1.29, 1.82) is 0 Å². The van der Waals surface area contributed by atoms with Crippen molar-refractivity contribution in [2.45, 2.75) is 29.4 Å². The second-order valence-electron chi connectivity index (χ2n) is 7.45. The first-order valence-electron chi connectivity index (χ1n) is 9.88. The summed E-state index contributed by atoms with van der Waals surface area (Å²) in [6.07, 6.45) is 1.68. The molecule has 0 atom stereocenters. The molecule has 1 aromatic heterocycles. The number of hydrogen-bond donors (Lipinski definition) is 0. The van der Waals surface area contributed by atoms with Gasteiger partial charge in [-0.15, -0.1) is 11.3 Å². The molecule has 0 amide bonds. The molecule has 0 aliphatic carbocycles. The lowest BCUT2D eigenvalue weighted by Crippen LogP contribution is -2.39. The Hall–Kier alpha value is -2.16. The molecule has 2 aromatic carbocycles. The molecular weight excluding hydrogens is 459 g/mol. The Morgan fingerprint density at radius 3 is 2.55 bits per heavy atom. The van der Waals surface area contributed by atoms with Crippen LogP contribution in [0, 0.1) is 5.82 Å². The normalized spacial score (nSPS) is 15.3. The van der Waals surface area contributed by atoms with E-state index >= 15 is 0 Å². The quantitative estimate of drug-likeness (QED) is 0.466. The minimum atomic E-state index is -3.61. The Balaban J connectivity index is 1.39. The summed E-state index contributed by atoms with van der Waals surface area (Å²) in [5.74, 6) is 0.274. The van der Waals surface area contributed by atoms with E-state index in [4.69, 9.17) is 21.3 Å². The number of anilines is 1. The van der Waals surface area contributed by atoms with Gasteiger partial charge in [-0.3, -0.25) is 0 Å². The maximum Gasteiger partial charge on any atom is 0.185 e. The van der Waals surface area contributed by atoms with Crippen molar-refractivity contribution in [3.05, 3.63) is 69.9 Å². The van der Waals surface area contributed by atoms with Crippen molar-refractivity contribution in [2.75, 3.05) is 25.1 Å². The number of halogens is 2. The summed E-state index contributed by atoms with van der Waals surface area (Å²) in [5.41, 5.74) is 2.14. The third kappa shape index (κ3) is 4.86. The number of methoxy groups -OCH3 is 1. The average Bonchev–Trinajstić information content (AvgIpc) is 3.22. The van der Waals surface area contributed by atoms with Gasteiger partial charge in [0.1, 0.15) is 11.6 Å². The SMILES string of the molecule is COc1ccc(Cc2csc(N3CCC(S(=O)(=O)c4ccc(F)cc4Cl)CC3)n2)cc1. The number of thiazole rings is 1. The zero-order chi connectivity index (χ0) is 22.0. The second kappa shape index (κ2) is 9.14. The summed E-state index contributed by atoms with van der Waals surface area (Å²) >= 11 is 7.57. The fourth-order valence-corrected chi connectivity index (χ4v) is 6.87. The Morgan fingerprint density at radius 2 is 1.90 bits per heavy atom. The predicted octanol–water partition coefficient (Wildman–Crippen LogP) is 4.98. The number of benzene rings is 2. The molecule has 0 radical (unpaired) electrons. The highest BCUT2D eigenvalue weighted by molar-refractivity contribution is 7.92. The lowest BCUT2D eigenvalue weighted by atomic mass is 10.1. The van der Waals surface area contributed by atoms with E-state index in [0.29, 0.717) is 25.9 Å². The Morgan fingerprint density at radius 1 is 1.19 bits per heavy atom. The van der Waals surface area contributed by atoms with E-state index in [-0.39, 0.29) is 9.92 Å². The predicted molar refractivity (Wildman–Crippen MR) is 122 cm³/mol. The molecule has 0 N–H and O–H groups in total. The number of aromatic nitrogens is 1. The van der Waals surface area contributed by atoms with Gasteiger partial charge >= 0.3 is 0 Å². The summed E-state index contributed by atoms with van der Waals surface area (Å²) in [5, 5.41) is 2.34. The van der Waals surface area contributed by atoms with Crippen molar-refractivity contribution in [3.63, 3.8) is 0 Å². The number of piperidine rings is 1. The molecule has 1 aliphatic heterocycles. The molecule has 0 unspecified atom stereocenters. The van der Waals surface area contributed by atoms with E-state index in [9.17, 15) is 12.8 Å². The first-order chi connectivity index (χ1) is 14.9. The molecule has 4 rings (SSSR count). The van der Waals surface area contributed by atoms with Crippen LogP contribution in [0.15, 0.2) is 52.7 Å². The average molecular weight is 481 g/mol. The minimum Gasteiger partial charge on any atom is -0.497 e. The van der Waals surface area contributed by atoms with E-state index in [1.54, 1.807) is 18.4 Å². The lowest BCUT2D eigenvalue weighted by Gasteiger charge is -2.31. The van der Waals surface area contributed by atoms with Gasteiger partial charge in [-0.1, -0.05) is 23.7 Å². The van der Waals surface area contributed by atoms with Gasteiger partial charge < -0.3 is 9.64 Å². The third-order valence-corrected chi connectivity index (χ3v) is 9.13. The van der Waals surface area contributed by atoms with E-state index in [0.717, 1.165) is 40.7 Å². The highest BCUT2D eigenvalue weighted by Crippen LogP contribution is 2.32. The highest BCUT2D eigenvalue weighted by Gasteiger charge is 2.33. The Kier molecular flexibility index (Phi) is 6.50. The monoisotopic (exact) mass is 480 g/mol. The molecule has 31 heavy (non-hydrogen) atoms. The molecule has 3 aromatic rings. The summed E-state index contributed by atoms with van der Waals surface area (Å²) in [6.45, 7) is 1.19. The first-order valence-corrected chi connectivity index (χ1v) is 12.7. The van der Waals surface area contributed by atoms with Gasteiger partial charge in [0.05, 0.1) is 28.0 Å². The summed E-state index contributed by atoms with van der Waals surface area (Å²) in [4.78, 5) is 6.87. The maximum absolute atomic E-state index is 13.3. The molecule has 1 fully saturated rings. The van der Waals surface area contributed by atoms with Crippen LogP contribution in [0.3, 0.4) is 0 Å². The third-order valence-electron chi connectivity index (χ3n) is 5.44. The van der Waals surface area contributed by atoms with Crippen molar-refractivity contribution >= 4 is 37.9 Å².